The highest BCUT2D eigenvalue weighted by Crippen LogP contribution is 2.52. The van der Waals surface area contributed by atoms with Crippen LogP contribution in [0.1, 0.15) is 17.2 Å². The Labute approximate surface area is 316 Å². The molecule has 2 atom stereocenters. The number of hydrogen-bond donors (Lipinski definition) is 2. The Morgan fingerprint density at radius 2 is 1.44 bits per heavy atom. The highest BCUT2D eigenvalue weighted by molar-refractivity contribution is 6.09. The fourth-order valence-electron chi connectivity index (χ4n) is 8.09. The first-order chi connectivity index (χ1) is 26.6. The second-order valence-electron chi connectivity index (χ2n) is 13.7. The second kappa shape index (κ2) is 13.8. The van der Waals surface area contributed by atoms with Crippen molar-refractivity contribution in [3.05, 3.63) is 212 Å². The van der Waals surface area contributed by atoms with E-state index < -0.39 is 0 Å². The van der Waals surface area contributed by atoms with Gasteiger partial charge in [0, 0.05) is 46.0 Å². The zero-order valence-corrected chi connectivity index (χ0v) is 29.8. The van der Waals surface area contributed by atoms with Crippen molar-refractivity contribution in [3.8, 4) is 22.4 Å². The van der Waals surface area contributed by atoms with Crippen molar-refractivity contribution in [1.29, 1.82) is 5.41 Å². The van der Waals surface area contributed by atoms with Gasteiger partial charge in [-0.1, -0.05) is 135 Å². The van der Waals surface area contributed by atoms with Crippen molar-refractivity contribution in [2.75, 3.05) is 10.2 Å². The van der Waals surface area contributed by atoms with E-state index in [0.29, 0.717) is 0 Å². The Morgan fingerprint density at radius 1 is 0.704 bits per heavy atom. The van der Waals surface area contributed by atoms with Crippen molar-refractivity contribution in [2.45, 2.75) is 12.0 Å². The van der Waals surface area contributed by atoms with Gasteiger partial charge < -0.3 is 15.6 Å². The van der Waals surface area contributed by atoms with Crippen LogP contribution in [0.4, 0.5) is 17.1 Å². The quantitative estimate of drug-likeness (QED) is 0.0898. The molecule has 4 heteroatoms. The first-order valence-corrected chi connectivity index (χ1v) is 18.3. The lowest BCUT2D eigenvalue weighted by Gasteiger charge is -2.32. The van der Waals surface area contributed by atoms with Crippen LogP contribution in [0.2, 0.25) is 0 Å². The van der Waals surface area contributed by atoms with Crippen LogP contribution >= 0.6 is 0 Å². The molecule has 0 radical (unpaired) electrons. The maximum absolute atomic E-state index is 8.74. The number of para-hydroxylation sites is 1. The van der Waals surface area contributed by atoms with Gasteiger partial charge in [-0.05, 0) is 98.4 Å². The largest absolute Gasteiger partial charge is 0.355 e. The molecule has 2 unspecified atom stereocenters. The first-order valence-electron chi connectivity index (χ1n) is 18.3. The third kappa shape index (κ3) is 5.75. The predicted octanol–water partition coefficient (Wildman–Crippen LogP) is 12.7. The standard InChI is InChI=1S/C50H38N4/c1-3-13-33(4-2)46-28-38(34-14-7-5-8-15-34)29-47(53-46)36-22-24-40(25-23-36)54-48-27-26-45(52-39-17-9-6-10-18-39)44(32-51)50(48)43-31-42-37(30-49(43)54)21-20-35-16-11-12-19-41(35)42/h3-32,48,50-52H,1-2H2/b33-13+,51-32?. The van der Waals surface area contributed by atoms with Crippen LogP contribution in [0.25, 0.3) is 49.5 Å². The molecule has 0 spiro atoms. The Hall–Kier alpha value is -7.04. The van der Waals surface area contributed by atoms with E-state index in [4.69, 9.17) is 10.4 Å². The summed E-state index contributed by atoms with van der Waals surface area (Å²) >= 11 is 0. The number of fused-ring (bicyclic) bond motifs is 6. The average Bonchev–Trinajstić information content (AvgIpc) is 3.55. The molecule has 0 saturated heterocycles. The maximum atomic E-state index is 8.74. The molecule has 258 valence electrons. The van der Waals surface area contributed by atoms with Crippen LogP contribution in [-0.4, -0.2) is 17.2 Å². The summed E-state index contributed by atoms with van der Waals surface area (Å²) in [5, 5.41) is 17.2. The molecule has 1 aliphatic heterocycles. The Kier molecular flexibility index (Phi) is 8.41. The van der Waals surface area contributed by atoms with E-state index in [1.54, 1.807) is 6.08 Å². The zero-order chi connectivity index (χ0) is 36.6. The minimum absolute atomic E-state index is 0.0165. The lowest BCUT2D eigenvalue weighted by Crippen LogP contribution is -2.32. The van der Waals surface area contributed by atoms with E-state index >= 15 is 0 Å². The molecule has 1 aliphatic carbocycles. The fourth-order valence-corrected chi connectivity index (χ4v) is 8.09. The van der Waals surface area contributed by atoms with Gasteiger partial charge in [-0.3, -0.25) is 0 Å². The summed E-state index contributed by atoms with van der Waals surface area (Å²) in [5.74, 6) is -0.0440. The molecule has 2 heterocycles. The molecular formula is C50H38N4. The first kappa shape index (κ1) is 32.8. The van der Waals surface area contributed by atoms with E-state index in [0.717, 1.165) is 62.0 Å². The Bertz CT molecular complexity index is 2680. The number of anilines is 3. The monoisotopic (exact) mass is 694 g/mol. The van der Waals surface area contributed by atoms with Crippen molar-refractivity contribution in [3.63, 3.8) is 0 Å². The number of aromatic nitrogens is 1. The smallest absolute Gasteiger partial charge is 0.0715 e. The molecule has 0 saturated carbocycles. The molecule has 7 aromatic rings. The third-order valence-electron chi connectivity index (χ3n) is 10.6. The molecule has 2 aliphatic rings. The Morgan fingerprint density at radius 3 is 2.20 bits per heavy atom. The number of benzene rings is 6. The number of nitrogens with one attached hydrogen (secondary N) is 2. The highest BCUT2D eigenvalue weighted by Gasteiger charge is 2.42. The van der Waals surface area contributed by atoms with Crippen LogP contribution in [0.15, 0.2) is 200 Å². The minimum atomic E-state index is -0.0440. The topological polar surface area (TPSA) is 52.0 Å². The molecule has 6 aromatic carbocycles. The lowest BCUT2D eigenvalue weighted by atomic mass is 9.82. The third-order valence-corrected chi connectivity index (χ3v) is 10.6. The van der Waals surface area contributed by atoms with Crippen LogP contribution in [0, 0.1) is 5.41 Å². The van der Waals surface area contributed by atoms with E-state index in [1.165, 1.54) is 33.3 Å². The summed E-state index contributed by atoms with van der Waals surface area (Å²) < 4.78 is 0. The molecule has 0 fully saturated rings. The average molecular weight is 695 g/mol. The number of rotatable bonds is 9. The van der Waals surface area contributed by atoms with Crippen LogP contribution < -0.4 is 10.2 Å². The van der Waals surface area contributed by atoms with Gasteiger partial charge >= 0.3 is 0 Å². The van der Waals surface area contributed by atoms with E-state index in [-0.39, 0.29) is 12.0 Å². The van der Waals surface area contributed by atoms with E-state index in [2.05, 4.69) is 157 Å². The predicted molar refractivity (Wildman–Crippen MR) is 229 cm³/mol. The van der Waals surface area contributed by atoms with E-state index in [9.17, 15) is 0 Å². The lowest BCUT2D eigenvalue weighted by molar-refractivity contribution is 0.724. The number of allylic oxidation sites excluding steroid dienone is 5. The molecule has 54 heavy (non-hydrogen) atoms. The zero-order valence-electron chi connectivity index (χ0n) is 29.8. The maximum Gasteiger partial charge on any atom is 0.0715 e. The van der Waals surface area contributed by atoms with Gasteiger partial charge in [0.25, 0.3) is 0 Å². The van der Waals surface area contributed by atoms with Gasteiger partial charge in [0.05, 0.1) is 17.4 Å². The summed E-state index contributed by atoms with van der Waals surface area (Å²) in [7, 11) is 0. The molecular weight excluding hydrogens is 657 g/mol. The molecule has 4 nitrogen and oxygen atoms in total. The molecule has 2 N–H and O–H groups in total. The van der Waals surface area contributed by atoms with Gasteiger partial charge in [0.15, 0.2) is 0 Å². The van der Waals surface area contributed by atoms with Gasteiger partial charge in [-0.25, -0.2) is 4.98 Å². The molecule has 0 bridgehead atoms. The second-order valence-corrected chi connectivity index (χ2v) is 13.7. The van der Waals surface area contributed by atoms with Gasteiger partial charge in [0.1, 0.15) is 0 Å². The number of hydrogen-bond acceptors (Lipinski definition) is 4. The number of nitrogens with zero attached hydrogens (tertiary/aromatic N) is 2. The normalized spacial score (nSPS) is 16.3. The van der Waals surface area contributed by atoms with Gasteiger partial charge in [-0.15, -0.1) is 0 Å². The van der Waals surface area contributed by atoms with Crippen molar-refractivity contribution in [2.24, 2.45) is 0 Å². The van der Waals surface area contributed by atoms with E-state index in [1.807, 2.05) is 36.4 Å². The SMILES string of the molecule is C=C/C=C(\C=C)c1cc(-c2ccccc2)cc(-c2ccc(N3c4cc5ccc6ccccc6c5cc4C4C(C=N)=C(Nc5ccccc5)C=CC43)cc2)n1. The van der Waals surface area contributed by atoms with Crippen LogP contribution in [-0.2, 0) is 0 Å². The fraction of sp³-hybridized carbons (Fsp3) is 0.0400. The minimum Gasteiger partial charge on any atom is -0.355 e. The van der Waals surface area contributed by atoms with Gasteiger partial charge in [-0.2, -0.15) is 0 Å². The summed E-state index contributed by atoms with van der Waals surface area (Å²) in [6, 6.07) is 51.3. The molecule has 0 amide bonds. The summed E-state index contributed by atoms with van der Waals surface area (Å²) in [5.41, 5.74) is 12.3. The Balaban J connectivity index is 1.17. The molecule has 9 rings (SSSR count). The highest BCUT2D eigenvalue weighted by atomic mass is 15.2. The van der Waals surface area contributed by atoms with Crippen molar-refractivity contribution >= 4 is 50.4 Å². The summed E-state index contributed by atoms with van der Waals surface area (Å²) in [4.78, 5) is 7.56. The van der Waals surface area contributed by atoms with Gasteiger partial charge in [0.2, 0.25) is 0 Å². The van der Waals surface area contributed by atoms with Crippen LogP contribution in [0.5, 0.6) is 0 Å². The number of pyridine rings is 1. The molecule has 1 aromatic heterocycles. The van der Waals surface area contributed by atoms with Crippen LogP contribution in [0.3, 0.4) is 0 Å². The summed E-state index contributed by atoms with van der Waals surface area (Å²) in [6.07, 6.45) is 11.5. The van der Waals surface area contributed by atoms with Crippen molar-refractivity contribution in [1.82, 2.24) is 4.98 Å². The summed E-state index contributed by atoms with van der Waals surface area (Å²) in [6.45, 7) is 7.96. The van der Waals surface area contributed by atoms with Crippen molar-refractivity contribution < 1.29 is 0 Å².